The predicted molar refractivity (Wildman–Crippen MR) is 71.1 cm³/mol. The average Bonchev–Trinajstić information content (AvgIpc) is 2.35. The summed E-state index contributed by atoms with van der Waals surface area (Å²) in [5.74, 6) is 1.39. The van der Waals surface area contributed by atoms with Crippen molar-refractivity contribution in [3.05, 3.63) is 0 Å². The van der Waals surface area contributed by atoms with Gasteiger partial charge in [-0.3, -0.25) is 4.79 Å². The van der Waals surface area contributed by atoms with Crippen LogP contribution in [0.4, 0.5) is 0 Å². The van der Waals surface area contributed by atoms with Crippen molar-refractivity contribution in [3.63, 3.8) is 0 Å². The van der Waals surface area contributed by atoms with Gasteiger partial charge < -0.3 is 15.4 Å². The molecule has 1 heterocycles. The highest BCUT2D eigenvalue weighted by molar-refractivity contribution is 5.83. The lowest BCUT2D eigenvalue weighted by Gasteiger charge is -2.46. The maximum Gasteiger partial charge on any atom is 0.229 e. The maximum absolute atomic E-state index is 12.5. The van der Waals surface area contributed by atoms with E-state index in [1.54, 1.807) is 0 Å². The molecule has 2 aliphatic rings. The minimum Gasteiger partial charge on any atom is -0.381 e. The van der Waals surface area contributed by atoms with Crippen LogP contribution in [0, 0.1) is 17.3 Å². The second-order valence-electron chi connectivity index (χ2n) is 6.27. The lowest BCUT2D eigenvalue weighted by Crippen LogP contribution is -2.54. The van der Waals surface area contributed by atoms with Gasteiger partial charge in [-0.05, 0) is 37.5 Å². The van der Waals surface area contributed by atoms with Crippen molar-refractivity contribution in [2.75, 3.05) is 33.4 Å². The summed E-state index contributed by atoms with van der Waals surface area (Å²) in [7, 11) is 1.91. The summed E-state index contributed by atoms with van der Waals surface area (Å²) in [6.07, 6.45) is 4.19. The second-order valence-corrected chi connectivity index (χ2v) is 6.27. The van der Waals surface area contributed by atoms with Gasteiger partial charge in [-0.25, -0.2) is 0 Å². The molecule has 18 heavy (non-hydrogen) atoms. The van der Waals surface area contributed by atoms with E-state index in [0.29, 0.717) is 18.4 Å². The normalized spacial score (nSPS) is 35.9. The zero-order valence-electron chi connectivity index (χ0n) is 11.7. The SMILES string of the molecule is CC1CC(CN)(C(=O)N(C)CC2CCCOC2)C1. The Morgan fingerprint density at radius 3 is 2.72 bits per heavy atom. The van der Waals surface area contributed by atoms with Crippen LogP contribution in [0.1, 0.15) is 32.6 Å². The third kappa shape index (κ3) is 2.69. The predicted octanol–water partition coefficient (Wildman–Crippen LogP) is 1.25. The van der Waals surface area contributed by atoms with Gasteiger partial charge in [-0.2, -0.15) is 0 Å². The first-order valence-corrected chi connectivity index (χ1v) is 7.11. The molecule has 0 radical (unpaired) electrons. The minimum absolute atomic E-state index is 0.244. The number of carbonyl (C=O) groups is 1. The molecule has 1 aliphatic carbocycles. The number of ether oxygens (including phenoxy) is 1. The fourth-order valence-corrected chi connectivity index (χ4v) is 3.53. The van der Waals surface area contributed by atoms with Crippen molar-refractivity contribution < 1.29 is 9.53 Å². The van der Waals surface area contributed by atoms with E-state index in [9.17, 15) is 4.79 Å². The molecule has 1 unspecified atom stereocenters. The molecule has 4 nitrogen and oxygen atoms in total. The number of nitrogens with zero attached hydrogens (tertiary/aromatic N) is 1. The van der Waals surface area contributed by atoms with Crippen LogP contribution in [0.5, 0.6) is 0 Å². The third-order valence-corrected chi connectivity index (χ3v) is 4.46. The van der Waals surface area contributed by atoms with Crippen molar-refractivity contribution >= 4 is 5.91 Å². The molecule has 2 N–H and O–H groups in total. The molecule has 0 aromatic rings. The molecular weight excluding hydrogens is 228 g/mol. The molecule has 1 aliphatic heterocycles. The summed E-state index contributed by atoms with van der Waals surface area (Å²) in [5, 5.41) is 0. The molecule has 2 rings (SSSR count). The van der Waals surface area contributed by atoms with Crippen LogP contribution in [-0.4, -0.2) is 44.2 Å². The van der Waals surface area contributed by atoms with Crippen LogP contribution in [0.25, 0.3) is 0 Å². The largest absolute Gasteiger partial charge is 0.381 e. The van der Waals surface area contributed by atoms with Crippen molar-refractivity contribution in [2.45, 2.75) is 32.6 Å². The van der Waals surface area contributed by atoms with Crippen molar-refractivity contribution in [2.24, 2.45) is 23.0 Å². The molecule has 104 valence electrons. The molecule has 1 saturated carbocycles. The van der Waals surface area contributed by atoms with Crippen LogP contribution >= 0.6 is 0 Å². The number of nitrogens with two attached hydrogens (primary N) is 1. The van der Waals surface area contributed by atoms with Gasteiger partial charge in [0.25, 0.3) is 0 Å². The zero-order chi connectivity index (χ0) is 13.2. The first-order valence-electron chi connectivity index (χ1n) is 7.11. The van der Waals surface area contributed by atoms with Crippen LogP contribution in [0.3, 0.4) is 0 Å². The van der Waals surface area contributed by atoms with Crippen LogP contribution in [0.15, 0.2) is 0 Å². The molecule has 0 aromatic carbocycles. The maximum atomic E-state index is 12.5. The molecule has 0 bridgehead atoms. The van der Waals surface area contributed by atoms with E-state index in [-0.39, 0.29) is 11.3 Å². The van der Waals surface area contributed by atoms with E-state index in [4.69, 9.17) is 10.5 Å². The standard InChI is InChI=1S/C14H26N2O2/c1-11-6-14(7-11,10-15)13(17)16(2)8-12-4-3-5-18-9-12/h11-12H,3-10,15H2,1-2H3. The molecule has 2 fully saturated rings. The van der Waals surface area contributed by atoms with E-state index < -0.39 is 0 Å². The Kier molecular flexibility index (Phi) is 4.28. The summed E-state index contributed by atoms with van der Waals surface area (Å²) < 4.78 is 5.47. The zero-order valence-corrected chi connectivity index (χ0v) is 11.7. The van der Waals surface area contributed by atoms with E-state index >= 15 is 0 Å². The molecule has 1 saturated heterocycles. The lowest BCUT2D eigenvalue weighted by molar-refractivity contribution is -0.149. The Morgan fingerprint density at radius 2 is 2.22 bits per heavy atom. The van der Waals surface area contributed by atoms with E-state index in [1.165, 1.54) is 6.42 Å². The fraction of sp³-hybridized carbons (Fsp3) is 0.929. The monoisotopic (exact) mass is 254 g/mol. The molecule has 0 spiro atoms. The Hall–Kier alpha value is -0.610. The van der Waals surface area contributed by atoms with Gasteiger partial charge >= 0.3 is 0 Å². The molecular formula is C14H26N2O2. The highest BCUT2D eigenvalue weighted by Crippen LogP contribution is 2.45. The highest BCUT2D eigenvalue weighted by atomic mass is 16.5. The van der Waals surface area contributed by atoms with E-state index in [1.807, 2.05) is 11.9 Å². The Bertz CT molecular complexity index is 294. The van der Waals surface area contributed by atoms with E-state index in [2.05, 4.69) is 6.92 Å². The molecule has 1 atom stereocenters. The van der Waals surface area contributed by atoms with Gasteiger partial charge in [0.2, 0.25) is 5.91 Å². The second kappa shape index (κ2) is 5.57. The van der Waals surface area contributed by atoms with Crippen LogP contribution < -0.4 is 5.73 Å². The van der Waals surface area contributed by atoms with Gasteiger partial charge in [-0.1, -0.05) is 6.92 Å². The number of hydrogen-bond donors (Lipinski definition) is 1. The summed E-state index contributed by atoms with van der Waals surface area (Å²) >= 11 is 0. The average molecular weight is 254 g/mol. The number of carbonyl (C=O) groups excluding carboxylic acids is 1. The van der Waals surface area contributed by atoms with Gasteiger partial charge in [0.15, 0.2) is 0 Å². The summed E-state index contributed by atoms with van der Waals surface area (Å²) in [4.78, 5) is 14.4. The minimum atomic E-state index is -0.260. The van der Waals surface area contributed by atoms with Crippen LogP contribution in [-0.2, 0) is 9.53 Å². The Balaban J connectivity index is 1.87. The number of hydrogen-bond acceptors (Lipinski definition) is 3. The first kappa shape index (κ1) is 13.8. The van der Waals surface area contributed by atoms with Gasteiger partial charge in [-0.15, -0.1) is 0 Å². The first-order chi connectivity index (χ1) is 8.57. The van der Waals surface area contributed by atoms with Crippen molar-refractivity contribution in [3.8, 4) is 0 Å². The molecule has 0 aromatic heterocycles. The lowest BCUT2D eigenvalue weighted by atomic mass is 9.62. The van der Waals surface area contributed by atoms with Gasteiger partial charge in [0.05, 0.1) is 12.0 Å². The summed E-state index contributed by atoms with van der Waals surface area (Å²) in [5.41, 5.74) is 5.57. The van der Waals surface area contributed by atoms with Crippen LogP contribution in [0.2, 0.25) is 0 Å². The van der Waals surface area contributed by atoms with Gasteiger partial charge in [0.1, 0.15) is 0 Å². The number of amides is 1. The summed E-state index contributed by atoms with van der Waals surface area (Å²) in [6.45, 7) is 5.16. The van der Waals surface area contributed by atoms with Crippen molar-refractivity contribution in [1.29, 1.82) is 0 Å². The molecule has 4 heteroatoms. The number of rotatable bonds is 4. The quantitative estimate of drug-likeness (QED) is 0.821. The van der Waals surface area contributed by atoms with Gasteiger partial charge in [0, 0.05) is 26.7 Å². The summed E-state index contributed by atoms with van der Waals surface area (Å²) in [6, 6.07) is 0. The molecule has 1 amide bonds. The van der Waals surface area contributed by atoms with Crippen molar-refractivity contribution in [1.82, 2.24) is 4.90 Å². The topological polar surface area (TPSA) is 55.6 Å². The Morgan fingerprint density at radius 1 is 1.50 bits per heavy atom. The van der Waals surface area contributed by atoms with E-state index in [0.717, 1.165) is 39.0 Å². The third-order valence-electron chi connectivity index (χ3n) is 4.46. The Labute approximate surface area is 110 Å². The smallest absolute Gasteiger partial charge is 0.229 e. The highest BCUT2D eigenvalue weighted by Gasteiger charge is 2.48. The fourth-order valence-electron chi connectivity index (χ4n) is 3.53.